The number of carboxylic acid groups (broad SMARTS) is 1. The monoisotopic (exact) mass is 374 g/mol. The smallest absolute Gasteiger partial charge is 0.449 e. The molecule has 0 aliphatic heterocycles. The Morgan fingerprint density at radius 3 is 2.35 bits per heavy atom. The van der Waals surface area contributed by atoms with Crippen LogP contribution in [0, 0.1) is 0 Å². The number of carbonyl (C=O) groups is 2. The van der Waals surface area contributed by atoms with E-state index in [-0.39, 0.29) is 21.9 Å². The molecule has 0 saturated heterocycles. The average molecular weight is 375 g/mol. The van der Waals surface area contributed by atoms with Crippen molar-refractivity contribution in [1.29, 1.82) is 0 Å². The van der Waals surface area contributed by atoms with E-state index in [9.17, 15) is 18.0 Å². The number of ether oxygens (including phenoxy) is 1. The molecule has 0 fully saturated rings. The van der Waals surface area contributed by atoms with Gasteiger partial charge in [-0.3, -0.25) is 4.79 Å². The maximum absolute atomic E-state index is 12.5. The maximum Gasteiger partial charge on any atom is 0.511 e. The van der Waals surface area contributed by atoms with Gasteiger partial charge in [-0.2, -0.15) is 0 Å². The van der Waals surface area contributed by atoms with Crippen LogP contribution in [0.15, 0.2) is 47.4 Å². The number of benzene rings is 2. The second-order valence-electron chi connectivity index (χ2n) is 4.28. The van der Waals surface area contributed by atoms with Crippen molar-refractivity contribution < 1.29 is 27.9 Å². The van der Waals surface area contributed by atoms with Crippen molar-refractivity contribution in [3.05, 3.63) is 58.6 Å². The lowest BCUT2D eigenvalue weighted by atomic mass is 10.0. The largest absolute Gasteiger partial charge is 0.511 e. The molecule has 0 unspecified atom stereocenters. The molecule has 2 aromatic carbocycles. The van der Waals surface area contributed by atoms with Crippen molar-refractivity contribution in [1.82, 2.24) is 0 Å². The normalized spacial score (nSPS) is 11.0. The lowest BCUT2D eigenvalue weighted by Gasteiger charge is -2.08. The first kappa shape index (κ1) is 17.3. The van der Waals surface area contributed by atoms with Gasteiger partial charge in [0.25, 0.3) is 9.05 Å². The predicted octanol–water partition coefficient (Wildman–Crippen LogP) is 3.56. The topological polar surface area (TPSA) is 97.7 Å². The summed E-state index contributed by atoms with van der Waals surface area (Å²) in [4.78, 5) is 22.7. The van der Waals surface area contributed by atoms with Crippen LogP contribution < -0.4 is 4.74 Å². The van der Waals surface area contributed by atoms with Crippen LogP contribution in [-0.2, 0) is 9.05 Å². The van der Waals surface area contributed by atoms with E-state index in [1.807, 2.05) is 0 Å². The molecule has 0 aromatic heterocycles. The minimum Gasteiger partial charge on any atom is -0.449 e. The van der Waals surface area contributed by atoms with Crippen LogP contribution in [0.2, 0.25) is 5.02 Å². The molecule has 0 saturated carbocycles. The molecule has 2 rings (SSSR count). The van der Waals surface area contributed by atoms with Gasteiger partial charge in [-0.1, -0.05) is 23.7 Å². The summed E-state index contributed by atoms with van der Waals surface area (Å²) in [5.41, 5.74) is -0.0785. The fourth-order valence-electron chi connectivity index (χ4n) is 1.82. The average Bonchev–Trinajstić information content (AvgIpc) is 2.46. The minimum atomic E-state index is -4.14. The second kappa shape index (κ2) is 6.57. The van der Waals surface area contributed by atoms with Crippen molar-refractivity contribution in [2.45, 2.75) is 4.90 Å². The molecule has 23 heavy (non-hydrogen) atoms. The zero-order valence-electron chi connectivity index (χ0n) is 11.2. The fraction of sp³-hybridized carbons (Fsp3) is 0. The van der Waals surface area contributed by atoms with Crippen molar-refractivity contribution in [3.63, 3.8) is 0 Å². The predicted molar refractivity (Wildman–Crippen MR) is 83.0 cm³/mol. The van der Waals surface area contributed by atoms with E-state index in [0.29, 0.717) is 0 Å². The quantitative estimate of drug-likeness (QED) is 0.380. The van der Waals surface area contributed by atoms with E-state index in [1.165, 1.54) is 36.4 Å². The maximum atomic E-state index is 12.5. The SMILES string of the molecule is O=C(O)Oc1ccccc1C(=O)c1ccc(Cl)c(S(=O)(=O)Cl)c1. The first-order valence-corrected chi connectivity index (χ1v) is 8.67. The van der Waals surface area contributed by atoms with Gasteiger partial charge < -0.3 is 9.84 Å². The van der Waals surface area contributed by atoms with Crippen molar-refractivity contribution in [2.24, 2.45) is 0 Å². The van der Waals surface area contributed by atoms with E-state index < -0.39 is 25.9 Å². The lowest BCUT2D eigenvalue weighted by Crippen LogP contribution is -2.09. The highest BCUT2D eigenvalue weighted by Crippen LogP contribution is 2.28. The number of carbonyl (C=O) groups excluding carboxylic acids is 1. The molecule has 9 heteroatoms. The van der Waals surface area contributed by atoms with E-state index >= 15 is 0 Å². The Morgan fingerprint density at radius 1 is 1.09 bits per heavy atom. The molecule has 1 N–H and O–H groups in total. The second-order valence-corrected chi connectivity index (χ2v) is 7.22. The van der Waals surface area contributed by atoms with Crippen LogP contribution in [0.4, 0.5) is 4.79 Å². The summed E-state index contributed by atoms with van der Waals surface area (Å²) in [5, 5.41) is 8.55. The number of halogens is 2. The molecule has 0 heterocycles. The molecular formula is C14H8Cl2O6S. The third-order valence-corrected chi connectivity index (χ3v) is 4.59. The van der Waals surface area contributed by atoms with E-state index in [0.717, 1.165) is 6.07 Å². The molecule has 0 radical (unpaired) electrons. The standard InChI is InChI=1S/C14H8Cl2O6S/c15-10-6-5-8(7-12(10)23(16,20)21)13(17)9-3-1-2-4-11(9)22-14(18)19/h1-7H,(H,18,19). The first-order chi connectivity index (χ1) is 10.7. The molecule has 0 amide bonds. The van der Waals surface area contributed by atoms with Gasteiger partial charge in [-0.15, -0.1) is 0 Å². The molecule has 0 aliphatic carbocycles. The highest BCUT2D eigenvalue weighted by atomic mass is 35.7. The van der Waals surface area contributed by atoms with Gasteiger partial charge in [0.15, 0.2) is 5.78 Å². The van der Waals surface area contributed by atoms with E-state index in [1.54, 1.807) is 0 Å². The highest BCUT2D eigenvalue weighted by molar-refractivity contribution is 8.13. The Balaban J connectivity index is 2.52. The first-order valence-electron chi connectivity index (χ1n) is 5.99. The third-order valence-electron chi connectivity index (χ3n) is 2.79. The molecule has 120 valence electrons. The van der Waals surface area contributed by atoms with Crippen LogP contribution in [0.1, 0.15) is 15.9 Å². The Morgan fingerprint density at radius 2 is 1.74 bits per heavy atom. The number of rotatable bonds is 4. The summed E-state index contributed by atoms with van der Waals surface area (Å²) in [6, 6.07) is 9.19. The number of hydrogen-bond acceptors (Lipinski definition) is 5. The van der Waals surface area contributed by atoms with Crippen LogP contribution in [0.3, 0.4) is 0 Å². The number of ketones is 1. The zero-order valence-corrected chi connectivity index (χ0v) is 13.5. The van der Waals surface area contributed by atoms with Crippen LogP contribution in [0.25, 0.3) is 0 Å². The summed E-state index contributed by atoms with van der Waals surface area (Å²) < 4.78 is 27.4. The summed E-state index contributed by atoms with van der Waals surface area (Å²) >= 11 is 5.75. The summed E-state index contributed by atoms with van der Waals surface area (Å²) in [7, 11) is 1.12. The molecule has 0 spiro atoms. The summed E-state index contributed by atoms with van der Waals surface area (Å²) in [6.45, 7) is 0. The molecule has 2 aromatic rings. The van der Waals surface area contributed by atoms with E-state index in [4.69, 9.17) is 27.4 Å². The Bertz CT molecular complexity index is 892. The molecule has 0 atom stereocenters. The van der Waals surface area contributed by atoms with Crippen molar-refractivity contribution in [3.8, 4) is 5.75 Å². The summed E-state index contributed by atoms with van der Waals surface area (Å²) in [6.07, 6.45) is -1.58. The van der Waals surface area contributed by atoms with Gasteiger partial charge in [0.2, 0.25) is 0 Å². The summed E-state index contributed by atoms with van der Waals surface area (Å²) in [5.74, 6) is -0.810. The Labute approximate surface area is 140 Å². The zero-order chi connectivity index (χ0) is 17.2. The molecule has 0 aliphatic rings. The lowest BCUT2D eigenvalue weighted by molar-refractivity contribution is 0.103. The number of para-hydroxylation sites is 1. The van der Waals surface area contributed by atoms with Gasteiger partial charge in [0.1, 0.15) is 10.6 Å². The van der Waals surface area contributed by atoms with Crippen LogP contribution in [-0.4, -0.2) is 25.5 Å². The van der Waals surface area contributed by atoms with Crippen molar-refractivity contribution in [2.75, 3.05) is 0 Å². The van der Waals surface area contributed by atoms with Gasteiger partial charge >= 0.3 is 6.16 Å². The van der Waals surface area contributed by atoms with Gasteiger partial charge in [-0.05, 0) is 30.3 Å². The molecule has 0 bridgehead atoms. The van der Waals surface area contributed by atoms with Gasteiger partial charge in [0, 0.05) is 16.2 Å². The van der Waals surface area contributed by atoms with Crippen molar-refractivity contribution >= 4 is 43.3 Å². The highest BCUT2D eigenvalue weighted by Gasteiger charge is 2.21. The van der Waals surface area contributed by atoms with Crippen LogP contribution >= 0.6 is 22.3 Å². The van der Waals surface area contributed by atoms with Crippen LogP contribution in [0.5, 0.6) is 5.75 Å². The van der Waals surface area contributed by atoms with E-state index in [2.05, 4.69) is 4.74 Å². The van der Waals surface area contributed by atoms with Gasteiger partial charge in [-0.25, -0.2) is 13.2 Å². The number of hydrogen-bond donors (Lipinski definition) is 1. The molecular weight excluding hydrogens is 367 g/mol. The Hall–Kier alpha value is -2.09. The minimum absolute atomic E-state index is 0.0323. The van der Waals surface area contributed by atoms with Gasteiger partial charge in [0.05, 0.1) is 10.6 Å². The third kappa shape index (κ3) is 4.01. The fourth-order valence-corrected chi connectivity index (χ4v) is 3.32. The Kier molecular flexibility index (Phi) is 4.93. The molecule has 6 nitrogen and oxygen atoms in total.